The number of amides is 1. The molecule has 2 aromatic carbocycles. The maximum atomic E-state index is 13.1. The van der Waals surface area contributed by atoms with Gasteiger partial charge in [0.2, 0.25) is 10.0 Å². The van der Waals surface area contributed by atoms with E-state index in [0.29, 0.717) is 43.5 Å². The Kier molecular flexibility index (Phi) is 6.09. The van der Waals surface area contributed by atoms with Gasteiger partial charge in [0.1, 0.15) is 5.76 Å². The zero-order valence-electron chi connectivity index (χ0n) is 18.1. The lowest BCUT2D eigenvalue weighted by molar-refractivity contribution is 0.0946. The van der Waals surface area contributed by atoms with Gasteiger partial charge in [-0.1, -0.05) is 12.1 Å². The summed E-state index contributed by atoms with van der Waals surface area (Å²) in [6.07, 6.45) is 0. The quantitative estimate of drug-likeness (QED) is 0.418. The normalized spacial score (nSPS) is 14.4. The predicted molar refractivity (Wildman–Crippen MR) is 129 cm³/mol. The minimum Gasteiger partial charge on any atom is -0.457 e. The van der Waals surface area contributed by atoms with Crippen molar-refractivity contribution in [1.82, 2.24) is 10.3 Å². The van der Waals surface area contributed by atoms with Crippen molar-refractivity contribution in [2.45, 2.75) is 11.4 Å². The summed E-state index contributed by atoms with van der Waals surface area (Å²) in [6, 6.07) is 15.8. The van der Waals surface area contributed by atoms with E-state index in [2.05, 4.69) is 10.3 Å². The molecule has 0 spiro atoms. The summed E-state index contributed by atoms with van der Waals surface area (Å²) in [4.78, 5) is 19.6. The second-order valence-electron chi connectivity index (χ2n) is 7.76. The van der Waals surface area contributed by atoms with Gasteiger partial charge in [-0.05, 0) is 42.5 Å². The third kappa shape index (κ3) is 4.68. The van der Waals surface area contributed by atoms with E-state index in [9.17, 15) is 13.2 Å². The van der Waals surface area contributed by atoms with Crippen LogP contribution >= 0.6 is 11.3 Å². The number of primary sulfonamides is 1. The van der Waals surface area contributed by atoms with Crippen LogP contribution in [0.25, 0.3) is 21.0 Å². The molecule has 3 heterocycles. The van der Waals surface area contributed by atoms with Gasteiger partial charge in [-0.15, -0.1) is 11.3 Å². The van der Waals surface area contributed by atoms with Gasteiger partial charge in [-0.3, -0.25) is 4.79 Å². The Morgan fingerprint density at radius 2 is 1.91 bits per heavy atom. The zero-order chi connectivity index (χ0) is 23.7. The topological polar surface area (TPSA) is 128 Å². The number of benzene rings is 2. The number of sulfonamides is 1. The lowest BCUT2D eigenvalue weighted by Crippen LogP contribution is -2.38. The summed E-state index contributed by atoms with van der Waals surface area (Å²) in [5, 5.41) is 8.87. The monoisotopic (exact) mass is 498 g/mol. The molecule has 1 aliphatic rings. The number of thiazole rings is 1. The van der Waals surface area contributed by atoms with Gasteiger partial charge in [0.15, 0.2) is 10.8 Å². The Balaban J connectivity index is 1.35. The van der Waals surface area contributed by atoms with Crippen LogP contribution in [0.2, 0.25) is 0 Å². The molecule has 1 saturated heterocycles. The third-order valence-electron chi connectivity index (χ3n) is 5.48. The molecule has 11 heteroatoms. The maximum Gasteiger partial charge on any atom is 0.253 e. The molecule has 176 valence electrons. The number of fused-ring (bicyclic) bond motifs is 1. The van der Waals surface area contributed by atoms with Crippen molar-refractivity contribution in [3.63, 3.8) is 0 Å². The largest absolute Gasteiger partial charge is 0.457 e. The van der Waals surface area contributed by atoms with Crippen molar-refractivity contribution in [3.8, 4) is 10.8 Å². The zero-order valence-corrected chi connectivity index (χ0v) is 19.7. The van der Waals surface area contributed by atoms with Gasteiger partial charge in [-0.2, -0.15) is 0 Å². The highest BCUT2D eigenvalue weighted by Crippen LogP contribution is 2.31. The number of para-hydroxylation sites is 1. The fraction of sp³-hybridized carbons (Fsp3) is 0.217. The second kappa shape index (κ2) is 9.18. The standard InChI is InChI=1S/C23H22N4O5S2/c24-34(29,30)16-6-7-19(27-9-11-31-12-10-27)17(13-16)22(28)25-14-15-5-8-20(32-15)23-26-18-3-1-2-4-21(18)33-23/h1-8,13H,9-12,14H2,(H,25,28)(H2,24,29,30). The molecule has 0 atom stereocenters. The number of hydrogen-bond acceptors (Lipinski definition) is 8. The minimum atomic E-state index is -3.96. The first-order valence-electron chi connectivity index (χ1n) is 10.6. The number of carbonyl (C=O) groups is 1. The van der Waals surface area contributed by atoms with Gasteiger partial charge >= 0.3 is 0 Å². The van der Waals surface area contributed by atoms with Crippen LogP contribution in [0.3, 0.4) is 0 Å². The number of hydrogen-bond donors (Lipinski definition) is 2. The predicted octanol–water partition coefficient (Wildman–Crippen LogP) is 2.97. The van der Waals surface area contributed by atoms with E-state index in [1.165, 1.54) is 23.5 Å². The number of anilines is 1. The SMILES string of the molecule is NS(=O)(=O)c1ccc(N2CCOCC2)c(C(=O)NCc2ccc(-c3nc4ccccc4s3)o2)c1. The molecular weight excluding hydrogens is 476 g/mol. The Bertz CT molecular complexity index is 1420. The Morgan fingerprint density at radius 1 is 1.12 bits per heavy atom. The number of nitrogens with two attached hydrogens (primary N) is 1. The molecular formula is C23H22N4O5S2. The summed E-state index contributed by atoms with van der Waals surface area (Å²) in [7, 11) is -3.96. The van der Waals surface area contributed by atoms with Crippen LogP contribution in [-0.2, 0) is 21.3 Å². The average Bonchev–Trinajstić information content (AvgIpc) is 3.49. The highest BCUT2D eigenvalue weighted by molar-refractivity contribution is 7.89. The van der Waals surface area contributed by atoms with E-state index in [4.69, 9.17) is 14.3 Å². The molecule has 4 aromatic rings. The van der Waals surface area contributed by atoms with E-state index >= 15 is 0 Å². The molecule has 0 aliphatic carbocycles. The summed E-state index contributed by atoms with van der Waals surface area (Å²) in [6.45, 7) is 2.38. The van der Waals surface area contributed by atoms with Crippen molar-refractivity contribution in [2.75, 3.05) is 31.2 Å². The van der Waals surface area contributed by atoms with E-state index in [-0.39, 0.29) is 17.0 Å². The lowest BCUT2D eigenvalue weighted by Gasteiger charge is -2.30. The highest BCUT2D eigenvalue weighted by Gasteiger charge is 2.22. The summed E-state index contributed by atoms with van der Waals surface area (Å²) in [5.74, 6) is 0.749. The molecule has 1 fully saturated rings. The Hall–Kier alpha value is -3.25. The second-order valence-corrected chi connectivity index (χ2v) is 10.4. The van der Waals surface area contributed by atoms with Crippen molar-refractivity contribution in [1.29, 1.82) is 0 Å². The van der Waals surface area contributed by atoms with E-state index in [1.807, 2.05) is 35.2 Å². The molecule has 5 rings (SSSR count). The van der Waals surface area contributed by atoms with Gasteiger partial charge in [0, 0.05) is 18.8 Å². The van der Waals surface area contributed by atoms with Crippen molar-refractivity contribution >= 4 is 43.2 Å². The van der Waals surface area contributed by atoms with E-state index in [0.717, 1.165) is 15.2 Å². The number of nitrogens with zero attached hydrogens (tertiary/aromatic N) is 2. The molecule has 0 radical (unpaired) electrons. The number of ether oxygens (including phenoxy) is 1. The first-order chi connectivity index (χ1) is 16.4. The summed E-state index contributed by atoms with van der Waals surface area (Å²) < 4.78 is 36.1. The van der Waals surface area contributed by atoms with Gasteiger partial charge in [0.25, 0.3) is 5.91 Å². The van der Waals surface area contributed by atoms with E-state index in [1.54, 1.807) is 12.1 Å². The molecule has 2 aromatic heterocycles. The molecule has 0 unspecified atom stereocenters. The van der Waals surface area contributed by atoms with Crippen LogP contribution < -0.4 is 15.4 Å². The van der Waals surface area contributed by atoms with Crippen LogP contribution in [-0.4, -0.2) is 45.6 Å². The van der Waals surface area contributed by atoms with Crippen molar-refractivity contribution in [2.24, 2.45) is 5.14 Å². The molecule has 3 N–H and O–H groups in total. The molecule has 9 nitrogen and oxygen atoms in total. The first kappa shape index (κ1) is 22.5. The lowest BCUT2D eigenvalue weighted by atomic mass is 10.1. The summed E-state index contributed by atoms with van der Waals surface area (Å²) >= 11 is 1.53. The minimum absolute atomic E-state index is 0.120. The van der Waals surface area contributed by atoms with Crippen LogP contribution in [0.4, 0.5) is 5.69 Å². The maximum absolute atomic E-state index is 13.1. The number of nitrogens with one attached hydrogen (secondary N) is 1. The molecule has 1 amide bonds. The number of rotatable bonds is 6. The van der Waals surface area contributed by atoms with Crippen LogP contribution in [0.1, 0.15) is 16.1 Å². The van der Waals surface area contributed by atoms with Gasteiger partial charge < -0.3 is 19.4 Å². The molecule has 1 aliphatic heterocycles. The fourth-order valence-electron chi connectivity index (χ4n) is 3.78. The third-order valence-corrected chi connectivity index (χ3v) is 7.44. The highest BCUT2D eigenvalue weighted by atomic mass is 32.2. The average molecular weight is 499 g/mol. The summed E-state index contributed by atoms with van der Waals surface area (Å²) in [5.41, 5.74) is 1.76. The molecule has 0 saturated carbocycles. The van der Waals surface area contributed by atoms with Crippen LogP contribution in [0.15, 0.2) is 63.9 Å². The smallest absolute Gasteiger partial charge is 0.253 e. The van der Waals surface area contributed by atoms with E-state index < -0.39 is 15.9 Å². The number of carbonyl (C=O) groups excluding carboxylic acids is 1. The molecule has 0 bridgehead atoms. The van der Waals surface area contributed by atoms with Gasteiger partial charge in [-0.25, -0.2) is 18.5 Å². The Labute approximate surface area is 200 Å². The van der Waals surface area contributed by atoms with Gasteiger partial charge in [0.05, 0.1) is 40.4 Å². The van der Waals surface area contributed by atoms with Crippen molar-refractivity contribution < 1.29 is 22.4 Å². The van der Waals surface area contributed by atoms with Crippen LogP contribution in [0.5, 0.6) is 0 Å². The first-order valence-corrected chi connectivity index (χ1v) is 13.0. The Morgan fingerprint density at radius 3 is 2.68 bits per heavy atom. The fourth-order valence-corrected chi connectivity index (χ4v) is 5.25. The van der Waals surface area contributed by atoms with Crippen molar-refractivity contribution in [3.05, 3.63) is 65.9 Å². The van der Waals surface area contributed by atoms with Crippen LogP contribution in [0, 0.1) is 0 Å². The molecule has 34 heavy (non-hydrogen) atoms. The number of furan rings is 1. The number of aromatic nitrogens is 1. The number of morpholine rings is 1.